The third kappa shape index (κ3) is 1.06. The molecular weight excluding hydrogens is 188 g/mol. The third-order valence-electron chi connectivity index (χ3n) is 1.70. The minimum atomic E-state index is -0.820. The molecule has 0 aliphatic rings. The molecule has 0 aromatic carbocycles. The highest BCUT2D eigenvalue weighted by Gasteiger charge is 2.17. The Morgan fingerprint density at radius 3 is 2.93 bits per heavy atom. The van der Waals surface area contributed by atoms with Crippen molar-refractivity contribution >= 4 is 17.0 Å². The molecule has 0 bridgehead atoms. The number of hydrogen-bond donors (Lipinski definition) is 2. The number of aromatic amines is 1. The number of carbonyl (C=O) groups excluding carboxylic acids is 1. The maximum absolute atomic E-state index is 11.4. The quantitative estimate of drug-likeness (QED) is 0.623. The Kier molecular flexibility index (Phi) is 1.60. The van der Waals surface area contributed by atoms with Crippen molar-refractivity contribution in [1.29, 1.82) is 0 Å². The van der Waals surface area contributed by atoms with Crippen molar-refractivity contribution in [1.82, 2.24) is 15.1 Å². The Hall–Kier alpha value is -2.18. The number of primary amides is 1. The number of carbonyl (C=O) groups is 1. The smallest absolute Gasteiger partial charge is 0.271 e. The maximum atomic E-state index is 11.4. The van der Waals surface area contributed by atoms with Gasteiger partial charge in [0.05, 0.1) is 0 Å². The zero-order valence-electron chi connectivity index (χ0n) is 7.20. The Morgan fingerprint density at radius 1 is 1.57 bits per heavy atom. The number of H-pyrrole nitrogens is 1. The van der Waals surface area contributed by atoms with Gasteiger partial charge in [-0.3, -0.25) is 9.59 Å². The summed E-state index contributed by atoms with van der Waals surface area (Å²) >= 11 is 0. The van der Waals surface area contributed by atoms with E-state index in [9.17, 15) is 9.59 Å². The van der Waals surface area contributed by atoms with Crippen molar-refractivity contribution in [2.45, 2.75) is 6.92 Å². The molecule has 0 aliphatic carbocycles. The standard InChI is InChI=1S/C7H6N4O3/c1-2-9-6(13)3-4(5(8)12)11-14-7(3)10-2/h1H3,(H2,8,12)(H,9,10,13). The van der Waals surface area contributed by atoms with Crippen LogP contribution in [0, 0.1) is 6.92 Å². The zero-order valence-corrected chi connectivity index (χ0v) is 7.20. The largest absolute Gasteiger partial charge is 0.364 e. The Bertz CT molecular complexity index is 568. The molecule has 0 saturated heterocycles. The van der Waals surface area contributed by atoms with Crippen LogP contribution in [-0.4, -0.2) is 21.0 Å². The third-order valence-corrected chi connectivity index (χ3v) is 1.70. The van der Waals surface area contributed by atoms with E-state index in [4.69, 9.17) is 10.3 Å². The molecule has 2 heterocycles. The zero-order chi connectivity index (χ0) is 10.3. The number of nitrogens with zero attached hydrogens (tertiary/aromatic N) is 2. The molecule has 0 fully saturated rings. The Balaban J connectivity index is 2.93. The summed E-state index contributed by atoms with van der Waals surface area (Å²) in [6, 6.07) is 0. The van der Waals surface area contributed by atoms with Gasteiger partial charge in [-0.1, -0.05) is 5.16 Å². The average Bonchev–Trinajstić information content (AvgIpc) is 2.47. The fourth-order valence-corrected chi connectivity index (χ4v) is 1.14. The van der Waals surface area contributed by atoms with Crippen molar-refractivity contribution in [3.63, 3.8) is 0 Å². The molecule has 7 heteroatoms. The summed E-state index contributed by atoms with van der Waals surface area (Å²) in [5.74, 6) is -0.436. The SMILES string of the molecule is Cc1nc2onc(C(N)=O)c2c(=O)[nH]1. The van der Waals surface area contributed by atoms with Crippen LogP contribution in [0.2, 0.25) is 0 Å². The monoisotopic (exact) mass is 194 g/mol. The lowest BCUT2D eigenvalue weighted by Crippen LogP contribution is -2.16. The van der Waals surface area contributed by atoms with Crippen LogP contribution in [0.15, 0.2) is 9.32 Å². The first-order valence-electron chi connectivity index (χ1n) is 3.75. The highest BCUT2D eigenvalue weighted by atomic mass is 16.5. The molecule has 1 amide bonds. The van der Waals surface area contributed by atoms with Crippen molar-refractivity contribution in [2.24, 2.45) is 5.73 Å². The van der Waals surface area contributed by atoms with E-state index in [1.807, 2.05) is 0 Å². The van der Waals surface area contributed by atoms with E-state index in [0.717, 1.165) is 0 Å². The molecule has 2 rings (SSSR count). The van der Waals surface area contributed by atoms with E-state index in [1.165, 1.54) is 0 Å². The second-order valence-corrected chi connectivity index (χ2v) is 2.73. The number of fused-ring (bicyclic) bond motifs is 1. The fourth-order valence-electron chi connectivity index (χ4n) is 1.14. The summed E-state index contributed by atoms with van der Waals surface area (Å²) in [6.07, 6.45) is 0. The molecule has 2 aromatic heterocycles. The molecule has 7 nitrogen and oxygen atoms in total. The van der Waals surface area contributed by atoms with Crippen LogP contribution in [-0.2, 0) is 0 Å². The van der Waals surface area contributed by atoms with Gasteiger partial charge in [0, 0.05) is 0 Å². The first-order valence-corrected chi connectivity index (χ1v) is 3.75. The number of nitrogens with one attached hydrogen (secondary N) is 1. The fraction of sp³-hybridized carbons (Fsp3) is 0.143. The summed E-state index contributed by atoms with van der Waals surface area (Å²) in [6.45, 7) is 1.59. The van der Waals surface area contributed by atoms with Crippen LogP contribution in [0.1, 0.15) is 16.3 Å². The van der Waals surface area contributed by atoms with Crippen LogP contribution in [0.25, 0.3) is 11.1 Å². The summed E-state index contributed by atoms with van der Waals surface area (Å²) in [5, 5.41) is 3.35. The lowest BCUT2D eigenvalue weighted by Gasteiger charge is -1.90. The molecule has 14 heavy (non-hydrogen) atoms. The van der Waals surface area contributed by atoms with Crippen LogP contribution < -0.4 is 11.3 Å². The summed E-state index contributed by atoms with van der Waals surface area (Å²) < 4.78 is 4.69. The lowest BCUT2D eigenvalue weighted by atomic mass is 10.3. The van der Waals surface area contributed by atoms with E-state index >= 15 is 0 Å². The first-order chi connectivity index (χ1) is 6.59. The number of rotatable bonds is 1. The van der Waals surface area contributed by atoms with Crippen LogP contribution >= 0.6 is 0 Å². The molecular formula is C7H6N4O3. The van der Waals surface area contributed by atoms with Crippen molar-refractivity contribution in [2.75, 3.05) is 0 Å². The number of aryl methyl sites for hydroxylation is 1. The highest BCUT2D eigenvalue weighted by Crippen LogP contribution is 2.10. The Morgan fingerprint density at radius 2 is 2.29 bits per heavy atom. The summed E-state index contributed by atoms with van der Waals surface area (Å²) in [4.78, 5) is 28.5. The van der Waals surface area contributed by atoms with Crippen molar-refractivity contribution in [3.05, 3.63) is 21.9 Å². The number of aromatic nitrogens is 3. The van der Waals surface area contributed by atoms with E-state index < -0.39 is 11.5 Å². The van der Waals surface area contributed by atoms with Crippen molar-refractivity contribution in [3.8, 4) is 0 Å². The molecule has 0 spiro atoms. The van der Waals surface area contributed by atoms with E-state index in [1.54, 1.807) is 6.92 Å². The normalized spacial score (nSPS) is 10.6. The van der Waals surface area contributed by atoms with Gasteiger partial charge in [-0.05, 0) is 6.92 Å². The van der Waals surface area contributed by atoms with Gasteiger partial charge in [-0.15, -0.1) is 0 Å². The number of hydrogen-bond acceptors (Lipinski definition) is 5. The van der Waals surface area contributed by atoms with Crippen molar-refractivity contribution < 1.29 is 9.32 Å². The summed E-state index contributed by atoms with van der Waals surface area (Å²) in [5.41, 5.74) is 4.32. The molecule has 0 radical (unpaired) electrons. The second kappa shape index (κ2) is 2.66. The van der Waals surface area contributed by atoms with Gasteiger partial charge in [-0.2, -0.15) is 4.98 Å². The van der Waals surface area contributed by atoms with Gasteiger partial charge >= 0.3 is 0 Å². The lowest BCUT2D eigenvalue weighted by molar-refractivity contribution is 0.0993. The van der Waals surface area contributed by atoms with Gasteiger partial charge in [0.25, 0.3) is 17.2 Å². The topological polar surface area (TPSA) is 115 Å². The molecule has 3 N–H and O–H groups in total. The van der Waals surface area contributed by atoms with Gasteiger partial charge in [0.1, 0.15) is 11.2 Å². The molecule has 72 valence electrons. The molecule has 0 saturated carbocycles. The average molecular weight is 194 g/mol. The molecule has 2 aromatic rings. The van der Waals surface area contributed by atoms with E-state index in [2.05, 4.69) is 15.1 Å². The highest BCUT2D eigenvalue weighted by molar-refractivity contribution is 6.01. The minimum absolute atomic E-state index is 0.0110. The van der Waals surface area contributed by atoms with Gasteiger partial charge in [0.2, 0.25) is 0 Å². The second-order valence-electron chi connectivity index (χ2n) is 2.73. The number of amides is 1. The first kappa shape index (κ1) is 8.42. The molecule has 0 atom stereocenters. The Labute approximate surface area is 76.9 Å². The molecule has 0 aliphatic heterocycles. The van der Waals surface area contributed by atoms with Crippen LogP contribution in [0.5, 0.6) is 0 Å². The van der Waals surface area contributed by atoms with Gasteiger partial charge in [0.15, 0.2) is 5.69 Å². The van der Waals surface area contributed by atoms with Crippen LogP contribution in [0.4, 0.5) is 0 Å². The summed E-state index contributed by atoms with van der Waals surface area (Å²) in [7, 11) is 0. The van der Waals surface area contributed by atoms with Gasteiger partial charge in [-0.25, -0.2) is 0 Å². The van der Waals surface area contributed by atoms with Gasteiger partial charge < -0.3 is 15.2 Å². The maximum Gasteiger partial charge on any atom is 0.271 e. The van der Waals surface area contributed by atoms with E-state index in [0.29, 0.717) is 5.82 Å². The predicted molar refractivity (Wildman–Crippen MR) is 45.7 cm³/mol. The predicted octanol–water partition coefficient (Wildman–Crippen LogP) is -0.682. The van der Waals surface area contributed by atoms with E-state index in [-0.39, 0.29) is 16.8 Å². The number of nitrogens with two attached hydrogens (primary N) is 1. The molecule has 0 unspecified atom stereocenters. The van der Waals surface area contributed by atoms with Crippen LogP contribution in [0.3, 0.4) is 0 Å². The minimum Gasteiger partial charge on any atom is -0.364 e.